The lowest BCUT2D eigenvalue weighted by Crippen LogP contribution is -2.36. The summed E-state index contributed by atoms with van der Waals surface area (Å²) < 4.78 is 66.5. The summed E-state index contributed by atoms with van der Waals surface area (Å²) in [6.07, 6.45) is 2.21. The smallest absolute Gasteiger partial charge is 0.200 e. The van der Waals surface area contributed by atoms with E-state index in [0.717, 1.165) is 12.8 Å². The largest absolute Gasteiger partial charge is 0.396 e. The lowest BCUT2D eigenvalue weighted by atomic mass is 9.95. The van der Waals surface area contributed by atoms with Crippen molar-refractivity contribution in [3.05, 3.63) is 34.6 Å². The molecule has 118 valence electrons. The van der Waals surface area contributed by atoms with Crippen LogP contribution in [0.1, 0.15) is 24.8 Å². The fourth-order valence-electron chi connectivity index (χ4n) is 2.73. The van der Waals surface area contributed by atoms with Crippen LogP contribution >= 0.6 is 0 Å². The van der Waals surface area contributed by atoms with E-state index in [9.17, 15) is 22.0 Å². The molecule has 1 aromatic rings. The summed E-state index contributed by atoms with van der Waals surface area (Å²) in [4.78, 5) is 1.65. The maximum atomic E-state index is 13.6. The van der Waals surface area contributed by atoms with E-state index in [1.54, 1.807) is 4.90 Å². The van der Waals surface area contributed by atoms with Crippen LogP contribution in [0.15, 0.2) is 0 Å². The van der Waals surface area contributed by atoms with Crippen molar-refractivity contribution in [2.24, 2.45) is 5.92 Å². The van der Waals surface area contributed by atoms with Crippen molar-refractivity contribution < 1.29 is 27.1 Å². The number of aliphatic hydroxyl groups excluding tert-OH is 1. The summed E-state index contributed by atoms with van der Waals surface area (Å²) in [7, 11) is 0. The first-order valence-electron chi connectivity index (χ1n) is 6.79. The van der Waals surface area contributed by atoms with Gasteiger partial charge in [0, 0.05) is 25.3 Å². The van der Waals surface area contributed by atoms with Crippen LogP contribution in [0.25, 0.3) is 0 Å². The predicted octanol–water partition coefficient (Wildman–Crippen LogP) is 2.98. The fraction of sp³-hybridized carbons (Fsp3) is 0.571. The Balaban J connectivity index is 2.20. The second-order valence-corrected chi connectivity index (χ2v) is 5.30. The molecule has 1 atom stereocenters. The molecule has 1 aromatic carbocycles. The van der Waals surface area contributed by atoms with E-state index in [-0.39, 0.29) is 19.1 Å². The first kappa shape index (κ1) is 16.2. The van der Waals surface area contributed by atoms with Gasteiger partial charge in [0.2, 0.25) is 5.82 Å². The van der Waals surface area contributed by atoms with E-state index in [0.29, 0.717) is 19.5 Å². The molecule has 0 spiro atoms. The van der Waals surface area contributed by atoms with E-state index < -0.39 is 34.6 Å². The van der Waals surface area contributed by atoms with Gasteiger partial charge in [-0.2, -0.15) is 0 Å². The third-order valence-electron chi connectivity index (χ3n) is 3.82. The maximum Gasteiger partial charge on any atom is 0.200 e. The van der Waals surface area contributed by atoms with E-state index in [1.165, 1.54) is 0 Å². The molecular formula is C14H16F5NO. The van der Waals surface area contributed by atoms with Gasteiger partial charge in [0.1, 0.15) is 0 Å². The van der Waals surface area contributed by atoms with Crippen molar-refractivity contribution in [3.63, 3.8) is 0 Å². The van der Waals surface area contributed by atoms with Crippen LogP contribution in [-0.2, 0) is 6.54 Å². The van der Waals surface area contributed by atoms with Crippen LogP contribution < -0.4 is 0 Å². The first-order valence-corrected chi connectivity index (χ1v) is 6.79. The topological polar surface area (TPSA) is 23.5 Å². The van der Waals surface area contributed by atoms with Crippen molar-refractivity contribution >= 4 is 0 Å². The number of nitrogens with zero attached hydrogens (tertiary/aromatic N) is 1. The summed E-state index contributed by atoms with van der Waals surface area (Å²) in [6.45, 7) is 0.691. The number of hydrogen-bond acceptors (Lipinski definition) is 2. The molecule has 1 N–H and O–H groups in total. The van der Waals surface area contributed by atoms with Crippen LogP contribution in [0.2, 0.25) is 0 Å². The zero-order valence-electron chi connectivity index (χ0n) is 11.3. The molecular weight excluding hydrogens is 293 g/mol. The molecule has 0 aliphatic carbocycles. The first-order chi connectivity index (χ1) is 9.95. The number of rotatable bonds is 4. The number of halogens is 5. The normalized spacial score (nSPS) is 20.0. The highest BCUT2D eigenvalue weighted by molar-refractivity contribution is 5.24. The Hall–Kier alpha value is -1.21. The molecule has 0 aromatic heterocycles. The van der Waals surface area contributed by atoms with Crippen molar-refractivity contribution in [2.45, 2.75) is 25.8 Å². The van der Waals surface area contributed by atoms with Gasteiger partial charge in [-0.25, -0.2) is 22.0 Å². The summed E-state index contributed by atoms with van der Waals surface area (Å²) >= 11 is 0. The van der Waals surface area contributed by atoms with Gasteiger partial charge in [-0.1, -0.05) is 0 Å². The highest BCUT2D eigenvalue weighted by atomic mass is 19.2. The molecule has 2 nitrogen and oxygen atoms in total. The number of hydrogen-bond donors (Lipinski definition) is 1. The second-order valence-electron chi connectivity index (χ2n) is 5.30. The molecule has 7 heteroatoms. The zero-order valence-corrected chi connectivity index (χ0v) is 11.3. The van der Waals surface area contributed by atoms with Crippen molar-refractivity contribution in [1.29, 1.82) is 0 Å². The SMILES string of the molecule is OCCC1CCCN(Cc2c(F)c(F)c(F)c(F)c2F)C1. The molecule has 0 bridgehead atoms. The van der Waals surface area contributed by atoms with Gasteiger partial charge in [-0.3, -0.25) is 4.90 Å². The van der Waals surface area contributed by atoms with Crippen LogP contribution in [0, 0.1) is 35.0 Å². The van der Waals surface area contributed by atoms with Gasteiger partial charge in [0.25, 0.3) is 0 Å². The van der Waals surface area contributed by atoms with E-state index >= 15 is 0 Å². The lowest BCUT2D eigenvalue weighted by Gasteiger charge is -2.32. The zero-order chi connectivity index (χ0) is 15.6. The molecule has 1 heterocycles. The minimum Gasteiger partial charge on any atom is -0.396 e. The number of piperidine rings is 1. The van der Waals surface area contributed by atoms with E-state index in [1.807, 2.05) is 0 Å². The summed E-state index contributed by atoms with van der Waals surface area (Å²) in [5.41, 5.74) is -0.795. The fourth-order valence-corrected chi connectivity index (χ4v) is 2.73. The summed E-state index contributed by atoms with van der Waals surface area (Å²) in [6, 6.07) is 0. The summed E-state index contributed by atoms with van der Waals surface area (Å²) in [5, 5.41) is 8.91. The minimum absolute atomic E-state index is 0.0149. The highest BCUT2D eigenvalue weighted by Crippen LogP contribution is 2.26. The van der Waals surface area contributed by atoms with Crippen LogP contribution in [0.4, 0.5) is 22.0 Å². The molecule has 0 radical (unpaired) electrons. The van der Waals surface area contributed by atoms with Crippen LogP contribution in [0.5, 0.6) is 0 Å². The van der Waals surface area contributed by atoms with Gasteiger partial charge < -0.3 is 5.11 Å². The molecule has 2 rings (SSSR count). The Morgan fingerprint density at radius 1 is 0.952 bits per heavy atom. The molecule has 1 fully saturated rings. The summed E-state index contributed by atoms with van der Waals surface area (Å²) in [5.74, 6) is -9.32. The van der Waals surface area contributed by atoms with E-state index in [4.69, 9.17) is 5.11 Å². The van der Waals surface area contributed by atoms with Gasteiger partial charge >= 0.3 is 0 Å². The third-order valence-corrected chi connectivity index (χ3v) is 3.82. The number of likely N-dealkylation sites (tertiary alicyclic amines) is 1. The number of aliphatic hydroxyl groups is 1. The lowest BCUT2D eigenvalue weighted by molar-refractivity contribution is 0.139. The van der Waals surface area contributed by atoms with E-state index in [2.05, 4.69) is 0 Å². The molecule has 0 amide bonds. The highest BCUT2D eigenvalue weighted by Gasteiger charge is 2.28. The third kappa shape index (κ3) is 3.35. The Kier molecular flexibility index (Phi) is 5.16. The van der Waals surface area contributed by atoms with Gasteiger partial charge in [0.15, 0.2) is 23.3 Å². The Bertz CT molecular complexity index is 492. The van der Waals surface area contributed by atoms with Gasteiger partial charge in [-0.15, -0.1) is 0 Å². The van der Waals surface area contributed by atoms with Crippen LogP contribution in [0.3, 0.4) is 0 Å². The quantitative estimate of drug-likeness (QED) is 0.525. The Labute approximate surface area is 119 Å². The average molecular weight is 309 g/mol. The molecule has 21 heavy (non-hydrogen) atoms. The molecule has 1 aliphatic rings. The Morgan fingerprint density at radius 2 is 1.52 bits per heavy atom. The van der Waals surface area contributed by atoms with Gasteiger partial charge in [0.05, 0.1) is 0 Å². The standard InChI is InChI=1S/C14H16F5NO/c15-10-9(11(16)13(18)14(19)12(10)17)7-20-4-1-2-8(6-20)3-5-21/h8,21H,1-7H2. The monoisotopic (exact) mass is 309 g/mol. The molecule has 1 unspecified atom stereocenters. The molecule has 0 saturated carbocycles. The number of benzene rings is 1. The molecule has 1 aliphatic heterocycles. The maximum absolute atomic E-state index is 13.6. The minimum atomic E-state index is -2.13. The van der Waals surface area contributed by atoms with Crippen LogP contribution in [-0.4, -0.2) is 29.7 Å². The van der Waals surface area contributed by atoms with Crippen molar-refractivity contribution in [3.8, 4) is 0 Å². The van der Waals surface area contributed by atoms with Crippen molar-refractivity contribution in [1.82, 2.24) is 4.90 Å². The predicted molar refractivity (Wildman–Crippen MR) is 65.9 cm³/mol. The van der Waals surface area contributed by atoms with Crippen molar-refractivity contribution in [2.75, 3.05) is 19.7 Å². The second kappa shape index (κ2) is 6.70. The van der Waals surface area contributed by atoms with Gasteiger partial charge in [-0.05, 0) is 31.7 Å². The average Bonchev–Trinajstić information content (AvgIpc) is 2.48. The molecule has 1 saturated heterocycles. The Morgan fingerprint density at radius 3 is 2.10 bits per heavy atom.